The number of carbonyl (C=O) groups is 3. The highest BCUT2D eigenvalue weighted by atomic mass is 16.6. The Kier molecular flexibility index (Phi) is 7.08. The number of imide groups is 1. The predicted molar refractivity (Wildman–Crippen MR) is 149 cm³/mol. The van der Waals surface area contributed by atoms with Gasteiger partial charge in [0.1, 0.15) is 11.9 Å². The predicted octanol–water partition coefficient (Wildman–Crippen LogP) is 5.10. The van der Waals surface area contributed by atoms with Gasteiger partial charge in [-0.05, 0) is 61.0 Å². The molecule has 222 valence electrons. The van der Waals surface area contributed by atoms with Crippen LogP contribution in [0.1, 0.15) is 75.7 Å². The van der Waals surface area contributed by atoms with E-state index >= 15 is 0 Å². The van der Waals surface area contributed by atoms with Crippen molar-refractivity contribution in [1.29, 1.82) is 0 Å². The number of fused-ring (bicyclic) bond motifs is 1. The molecule has 10 nitrogen and oxygen atoms in total. The van der Waals surface area contributed by atoms with Crippen LogP contribution in [0.5, 0.6) is 5.75 Å². The van der Waals surface area contributed by atoms with Gasteiger partial charge in [0.25, 0.3) is 5.91 Å². The van der Waals surface area contributed by atoms with Crippen LogP contribution in [0.4, 0.5) is 10.5 Å². The topological polar surface area (TPSA) is 136 Å². The van der Waals surface area contributed by atoms with Crippen LogP contribution in [0.15, 0.2) is 24.8 Å². The van der Waals surface area contributed by atoms with Gasteiger partial charge in [0.2, 0.25) is 0 Å². The van der Waals surface area contributed by atoms with Crippen molar-refractivity contribution >= 4 is 23.5 Å². The third-order valence-electron chi connectivity index (χ3n) is 11.4. The lowest BCUT2D eigenvalue weighted by Crippen LogP contribution is -2.63. The Hall–Kier alpha value is -3.27. The van der Waals surface area contributed by atoms with Crippen LogP contribution in [-0.4, -0.2) is 58.6 Å². The summed E-state index contributed by atoms with van der Waals surface area (Å²) in [7, 11) is 1.32. The minimum atomic E-state index is -0.853. The van der Waals surface area contributed by atoms with Gasteiger partial charge < -0.3 is 14.6 Å². The number of aliphatic hydroxyl groups excluding tert-OH is 1. The summed E-state index contributed by atoms with van der Waals surface area (Å²) >= 11 is 0. The summed E-state index contributed by atoms with van der Waals surface area (Å²) in [4.78, 5) is 52.9. The summed E-state index contributed by atoms with van der Waals surface area (Å²) in [6, 6.07) is 2.62. The second-order valence-electron chi connectivity index (χ2n) is 13.1. The Balaban J connectivity index is 1.53. The van der Waals surface area contributed by atoms with E-state index in [-0.39, 0.29) is 59.9 Å². The molecule has 3 aliphatic carbocycles. The van der Waals surface area contributed by atoms with Gasteiger partial charge in [0.15, 0.2) is 5.75 Å². The van der Waals surface area contributed by atoms with E-state index in [9.17, 15) is 29.6 Å². The number of carbonyl (C=O) groups excluding carboxylic acids is 3. The van der Waals surface area contributed by atoms with Crippen molar-refractivity contribution in [1.82, 2.24) is 4.90 Å². The fourth-order valence-electron chi connectivity index (χ4n) is 8.66. The van der Waals surface area contributed by atoms with Crippen molar-refractivity contribution in [2.75, 3.05) is 13.7 Å². The van der Waals surface area contributed by atoms with E-state index < -0.39 is 45.4 Å². The van der Waals surface area contributed by atoms with Crippen molar-refractivity contribution < 1.29 is 33.9 Å². The van der Waals surface area contributed by atoms with Crippen LogP contribution >= 0.6 is 0 Å². The van der Waals surface area contributed by atoms with Gasteiger partial charge >= 0.3 is 11.8 Å². The highest BCUT2D eigenvalue weighted by Crippen LogP contribution is 2.68. The Bertz CT molecular complexity index is 1330. The minimum Gasteiger partial charge on any atom is -0.490 e. The van der Waals surface area contributed by atoms with Gasteiger partial charge in [0.05, 0.1) is 23.7 Å². The first-order valence-electron chi connectivity index (χ1n) is 14.5. The molecular formula is C31H40N2O8. The number of nitro groups is 1. The maximum absolute atomic E-state index is 13.8. The molecule has 8 atom stereocenters. The molecule has 1 unspecified atom stereocenters. The Morgan fingerprint density at radius 2 is 1.93 bits per heavy atom. The molecule has 0 spiro atoms. The normalized spacial score (nSPS) is 38.3. The summed E-state index contributed by atoms with van der Waals surface area (Å²) in [5.41, 5.74) is -1.69. The molecule has 1 N–H and O–H groups in total. The van der Waals surface area contributed by atoms with Crippen LogP contribution < -0.4 is 4.74 Å². The maximum Gasteiger partial charge on any atom is 0.417 e. The lowest BCUT2D eigenvalue weighted by Gasteiger charge is -2.61. The van der Waals surface area contributed by atoms with Crippen LogP contribution in [0.2, 0.25) is 0 Å². The van der Waals surface area contributed by atoms with E-state index in [1.54, 1.807) is 6.08 Å². The zero-order valence-corrected chi connectivity index (χ0v) is 24.5. The van der Waals surface area contributed by atoms with Gasteiger partial charge in [0, 0.05) is 35.8 Å². The van der Waals surface area contributed by atoms with Crippen LogP contribution in [0.25, 0.3) is 0 Å². The van der Waals surface area contributed by atoms with Gasteiger partial charge in [-0.3, -0.25) is 19.7 Å². The Morgan fingerprint density at radius 1 is 1.22 bits per heavy atom. The van der Waals surface area contributed by atoms with Crippen molar-refractivity contribution in [3.63, 3.8) is 0 Å². The first-order valence-corrected chi connectivity index (χ1v) is 14.5. The second kappa shape index (κ2) is 9.93. The van der Waals surface area contributed by atoms with Crippen LogP contribution in [-0.2, 0) is 16.0 Å². The summed E-state index contributed by atoms with van der Waals surface area (Å²) < 4.78 is 11.4. The van der Waals surface area contributed by atoms with Gasteiger partial charge in [-0.1, -0.05) is 33.8 Å². The third kappa shape index (κ3) is 4.12. The van der Waals surface area contributed by atoms with E-state index in [0.29, 0.717) is 18.4 Å². The number of amides is 2. The van der Waals surface area contributed by atoms with E-state index in [1.165, 1.54) is 13.2 Å². The van der Waals surface area contributed by atoms with Crippen molar-refractivity contribution in [3.05, 3.63) is 46.0 Å². The van der Waals surface area contributed by atoms with Gasteiger partial charge in [-0.2, -0.15) is 0 Å². The largest absolute Gasteiger partial charge is 0.490 e. The molecule has 1 heterocycles. The number of methoxy groups -OCH3 is 1. The van der Waals surface area contributed by atoms with E-state index in [2.05, 4.69) is 13.5 Å². The van der Waals surface area contributed by atoms with Crippen LogP contribution in [0, 0.1) is 44.1 Å². The number of Topliss-reactive ketones (excluding diaryl/α,β-unsaturated/α-hetero) is 1. The number of hydrogen-bond acceptors (Lipinski definition) is 8. The maximum atomic E-state index is 13.8. The minimum absolute atomic E-state index is 0.0370. The molecule has 4 aliphatic rings. The smallest absolute Gasteiger partial charge is 0.417 e. The fourth-order valence-corrected chi connectivity index (χ4v) is 8.66. The Labute approximate surface area is 240 Å². The van der Waals surface area contributed by atoms with Gasteiger partial charge in [-0.15, -0.1) is 6.58 Å². The summed E-state index contributed by atoms with van der Waals surface area (Å²) in [6.45, 7) is 12.1. The van der Waals surface area contributed by atoms with Crippen molar-refractivity contribution in [3.8, 4) is 5.75 Å². The molecule has 2 bridgehead atoms. The lowest BCUT2D eigenvalue weighted by atomic mass is 9.44. The van der Waals surface area contributed by atoms with E-state index in [1.807, 2.05) is 20.8 Å². The summed E-state index contributed by atoms with van der Waals surface area (Å²) in [6.07, 6.45) is 2.59. The molecule has 1 aromatic carbocycles. The van der Waals surface area contributed by atoms with Gasteiger partial charge in [-0.25, -0.2) is 9.69 Å². The second-order valence-corrected chi connectivity index (χ2v) is 13.1. The summed E-state index contributed by atoms with van der Waals surface area (Å²) in [5.74, 6) is -0.981. The molecular weight excluding hydrogens is 528 g/mol. The number of rotatable bonds is 4. The Morgan fingerprint density at radius 3 is 2.56 bits per heavy atom. The number of ether oxygens (including phenoxy) is 2. The zero-order valence-electron chi connectivity index (χ0n) is 24.5. The van der Waals surface area contributed by atoms with E-state index in [0.717, 1.165) is 23.8 Å². The molecule has 0 aromatic heterocycles. The van der Waals surface area contributed by atoms with E-state index in [4.69, 9.17) is 9.47 Å². The molecule has 0 saturated heterocycles. The molecule has 1 aromatic rings. The lowest BCUT2D eigenvalue weighted by molar-refractivity contribution is -0.385. The van der Waals surface area contributed by atoms with Crippen molar-refractivity contribution in [2.24, 2.45) is 34.0 Å². The zero-order chi connectivity index (χ0) is 30.1. The SMILES string of the molecule is C=C[C@]1(C)C[C@@H](OC(=O)N2CCc3cc(OC)c([N+](=O)[O-])cc3C2=O)[C@@]2(C)C3C(=O)CC[C@@]3(CC[C@H]2C)[C@@H](C)[C@@H]1O. The number of benzene rings is 1. The fraction of sp³-hybridized carbons (Fsp3) is 0.645. The highest BCUT2D eigenvalue weighted by molar-refractivity contribution is 6.05. The van der Waals surface area contributed by atoms with Crippen LogP contribution in [0.3, 0.4) is 0 Å². The molecule has 10 heteroatoms. The summed E-state index contributed by atoms with van der Waals surface area (Å²) in [5, 5.41) is 23.3. The quantitative estimate of drug-likeness (QED) is 0.301. The molecule has 3 saturated carbocycles. The molecule has 3 fully saturated rings. The number of nitro benzene ring substituents is 1. The first-order chi connectivity index (χ1) is 19.2. The number of ketones is 1. The van der Waals surface area contributed by atoms with Crippen molar-refractivity contribution in [2.45, 2.75) is 78.4 Å². The first kappa shape index (κ1) is 29.2. The third-order valence-corrected chi connectivity index (χ3v) is 11.4. The number of nitrogens with zero attached hydrogens (tertiary/aromatic N) is 2. The average molecular weight is 569 g/mol. The molecule has 2 amide bonds. The number of hydrogen-bond donors (Lipinski definition) is 1. The number of aliphatic hydroxyl groups is 1. The molecule has 5 rings (SSSR count). The monoisotopic (exact) mass is 568 g/mol. The average Bonchev–Trinajstić information content (AvgIpc) is 3.30. The molecule has 1 aliphatic heterocycles. The molecule has 0 radical (unpaired) electrons. The standard InChI is InChI=1S/C31H40N2O8/c1-7-29(4)16-24(30(5)17(2)8-11-31(18(3)26(29)35)12-9-22(34)25(30)31)41-28(37)32-13-10-19-14-23(40-6)21(33(38)39)15-20(19)27(32)36/h7,14-15,17-18,24-26,35H,1,8-13,16H2,2-6H3/t17-,18+,24-,25?,26+,29-,30+,31+/m1/s1. The highest BCUT2D eigenvalue weighted by Gasteiger charge is 2.68. The molecule has 41 heavy (non-hydrogen) atoms.